The summed E-state index contributed by atoms with van der Waals surface area (Å²) in [6, 6.07) is 5.11. The van der Waals surface area contributed by atoms with Gasteiger partial charge in [0, 0.05) is 13.1 Å². The molecule has 0 saturated carbocycles. The van der Waals surface area contributed by atoms with Crippen molar-refractivity contribution < 1.29 is 23.0 Å². The average molecular weight is 475 g/mol. The molecule has 1 rings (SSSR count). The molecule has 1 unspecified atom stereocenters. The van der Waals surface area contributed by atoms with Crippen LogP contribution in [-0.4, -0.2) is 37.1 Å². The van der Waals surface area contributed by atoms with Crippen LogP contribution in [0.4, 0.5) is 13.2 Å². The van der Waals surface area contributed by atoms with Crippen LogP contribution in [0.2, 0.25) is 0 Å². The fraction of sp³-hybridized carbons (Fsp3) is 0.562. The number of hydrogen-bond acceptors (Lipinski definition) is 3. The molecule has 1 atom stereocenters. The lowest BCUT2D eigenvalue weighted by atomic mass is 10.1. The quantitative estimate of drug-likeness (QED) is 0.233. The summed E-state index contributed by atoms with van der Waals surface area (Å²) in [5.41, 5.74) is 0.470. The summed E-state index contributed by atoms with van der Waals surface area (Å²) < 4.78 is 40.1. The SMILES string of the molecule is CCCCNC(=NCC(O)c1ccc(OC(F)(F)F)cc1)NCC.I. The second kappa shape index (κ2) is 12.2. The van der Waals surface area contributed by atoms with E-state index in [1.807, 2.05) is 6.92 Å². The summed E-state index contributed by atoms with van der Waals surface area (Å²) in [4.78, 5) is 4.28. The summed E-state index contributed by atoms with van der Waals surface area (Å²) in [7, 11) is 0. The average Bonchev–Trinajstić information content (AvgIpc) is 2.51. The summed E-state index contributed by atoms with van der Waals surface area (Å²) in [6.07, 6.45) is -3.57. The van der Waals surface area contributed by atoms with Gasteiger partial charge < -0.3 is 20.5 Å². The number of aliphatic hydroxyl groups is 1. The van der Waals surface area contributed by atoms with Crippen molar-refractivity contribution in [3.05, 3.63) is 29.8 Å². The van der Waals surface area contributed by atoms with Crippen molar-refractivity contribution in [2.24, 2.45) is 4.99 Å². The molecule has 0 spiro atoms. The van der Waals surface area contributed by atoms with Crippen molar-refractivity contribution in [3.63, 3.8) is 0 Å². The predicted molar refractivity (Wildman–Crippen MR) is 102 cm³/mol. The van der Waals surface area contributed by atoms with E-state index in [1.54, 1.807) is 0 Å². The molecule has 0 aliphatic carbocycles. The predicted octanol–water partition coefficient (Wildman–Crippen LogP) is 3.59. The Bertz CT molecular complexity index is 510. The fourth-order valence-electron chi connectivity index (χ4n) is 1.90. The maximum absolute atomic E-state index is 12.1. The van der Waals surface area contributed by atoms with Gasteiger partial charge in [0.2, 0.25) is 0 Å². The summed E-state index contributed by atoms with van der Waals surface area (Å²) in [5, 5.41) is 16.3. The molecular weight excluding hydrogens is 450 g/mol. The van der Waals surface area contributed by atoms with Crippen LogP contribution in [0.1, 0.15) is 38.4 Å². The molecular formula is C16H25F3IN3O2. The van der Waals surface area contributed by atoms with Gasteiger partial charge >= 0.3 is 6.36 Å². The molecule has 0 radical (unpaired) electrons. The van der Waals surface area contributed by atoms with Crippen molar-refractivity contribution in [2.75, 3.05) is 19.6 Å². The highest BCUT2D eigenvalue weighted by atomic mass is 127. The van der Waals surface area contributed by atoms with Gasteiger partial charge in [0.15, 0.2) is 5.96 Å². The first-order valence-electron chi connectivity index (χ1n) is 7.91. The molecule has 5 nitrogen and oxygen atoms in total. The van der Waals surface area contributed by atoms with E-state index < -0.39 is 12.5 Å². The number of unbranched alkanes of at least 4 members (excludes halogenated alkanes) is 1. The molecule has 3 N–H and O–H groups in total. The number of alkyl halides is 3. The standard InChI is InChI=1S/C16H24F3N3O2.HI/c1-3-5-10-21-15(20-4-2)22-11-14(23)12-6-8-13(9-7-12)24-16(17,18)19;/h6-9,14,23H,3-5,10-11H2,1-2H3,(H2,20,21,22);1H. The number of aliphatic imine (C=N–C) groups is 1. The summed E-state index contributed by atoms with van der Waals surface area (Å²) in [6.45, 7) is 5.59. The Morgan fingerprint density at radius 1 is 1.20 bits per heavy atom. The Hall–Kier alpha value is -1.23. The molecule has 1 aromatic rings. The van der Waals surface area contributed by atoms with E-state index >= 15 is 0 Å². The Balaban J connectivity index is 0.00000576. The van der Waals surface area contributed by atoms with Gasteiger partial charge in [-0.25, -0.2) is 0 Å². The Morgan fingerprint density at radius 3 is 2.36 bits per heavy atom. The Labute approximate surface area is 163 Å². The van der Waals surface area contributed by atoms with Crippen molar-refractivity contribution >= 4 is 29.9 Å². The molecule has 0 heterocycles. The van der Waals surface area contributed by atoms with Gasteiger partial charge in [-0.15, -0.1) is 37.1 Å². The third-order valence-corrected chi connectivity index (χ3v) is 3.09. The number of aliphatic hydroxyl groups excluding tert-OH is 1. The first-order valence-corrected chi connectivity index (χ1v) is 7.91. The topological polar surface area (TPSA) is 65.9 Å². The van der Waals surface area contributed by atoms with Crippen molar-refractivity contribution in [3.8, 4) is 5.75 Å². The van der Waals surface area contributed by atoms with E-state index in [2.05, 4.69) is 27.3 Å². The zero-order valence-electron chi connectivity index (χ0n) is 14.3. The van der Waals surface area contributed by atoms with Crippen LogP contribution >= 0.6 is 24.0 Å². The summed E-state index contributed by atoms with van der Waals surface area (Å²) >= 11 is 0. The second-order valence-corrected chi connectivity index (χ2v) is 5.13. The normalized spacial score (nSPS) is 13.0. The molecule has 1 aromatic carbocycles. The van der Waals surface area contributed by atoms with Gasteiger partial charge in [-0.1, -0.05) is 25.5 Å². The smallest absolute Gasteiger partial charge is 0.406 e. The van der Waals surface area contributed by atoms with Crippen LogP contribution in [0.3, 0.4) is 0 Å². The lowest BCUT2D eigenvalue weighted by Gasteiger charge is -2.14. The van der Waals surface area contributed by atoms with E-state index in [0.29, 0.717) is 18.1 Å². The molecule has 0 bridgehead atoms. The van der Waals surface area contributed by atoms with Gasteiger partial charge in [0.05, 0.1) is 12.6 Å². The number of benzene rings is 1. The zero-order valence-corrected chi connectivity index (χ0v) is 16.6. The Morgan fingerprint density at radius 2 is 1.84 bits per heavy atom. The third-order valence-electron chi connectivity index (χ3n) is 3.09. The van der Waals surface area contributed by atoms with E-state index in [4.69, 9.17) is 0 Å². The molecule has 9 heteroatoms. The number of ether oxygens (including phenoxy) is 1. The minimum absolute atomic E-state index is 0. The lowest BCUT2D eigenvalue weighted by molar-refractivity contribution is -0.274. The van der Waals surface area contributed by atoms with Gasteiger partial charge in [-0.2, -0.15) is 0 Å². The maximum atomic E-state index is 12.1. The number of rotatable bonds is 8. The van der Waals surface area contributed by atoms with Crippen molar-refractivity contribution in [1.82, 2.24) is 10.6 Å². The first-order chi connectivity index (χ1) is 11.4. The number of hydrogen-bond donors (Lipinski definition) is 3. The molecule has 0 fully saturated rings. The number of halogens is 4. The fourth-order valence-corrected chi connectivity index (χ4v) is 1.90. The van der Waals surface area contributed by atoms with Gasteiger partial charge in [-0.3, -0.25) is 4.99 Å². The first kappa shape index (κ1) is 23.8. The molecule has 25 heavy (non-hydrogen) atoms. The molecule has 144 valence electrons. The van der Waals surface area contributed by atoms with Crippen LogP contribution in [0.15, 0.2) is 29.3 Å². The van der Waals surface area contributed by atoms with E-state index in [0.717, 1.165) is 19.4 Å². The molecule has 0 aliphatic heterocycles. The molecule has 0 aromatic heterocycles. The third kappa shape index (κ3) is 10.4. The van der Waals surface area contributed by atoms with E-state index in [9.17, 15) is 18.3 Å². The molecule has 0 saturated heterocycles. The Kier molecular flexibility index (Phi) is 11.6. The number of nitrogens with zero attached hydrogens (tertiary/aromatic N) is 1. The van der Waals surface area contributed by atoms with Crippen LogP contribution in [0.5, 0.6) is 5.75 Å². The van der Waals surface area contributed by atoms with Crippen LogP contribution < -0.4 is 15.4 Å². The molecule has 0 amide bonds. The highest BCUT2D eigenvalue weighted by Crippen LogP contribution is 2.24. The minimum atomic E-state index is -4.73. The maximum Gasteiger partial charge on any atom is 0.573 e. The highest BCUT2D eigenvalue weighted by molar-refractivity contribution is 14.0. The van der Waals surface area contributed by atoms with E-state index in [1.165, 1.54) is 24.3 Å². The summed E-state index contributed by atoms with van der Waals surface area (Å²) in [5.74, 6) is 0.276. The number of guanidine groups is 1. The highest BCUT2D eigenvalue weighted by Gasteiger charge is 2.31. The van der Waals surface area contributed by atoms with Crippen LogP contribution in [-0.2, 0) is 0 Å². The largest absolute Gasteiger partial charge is 0.573 e. The van der Waals surface area contributed by atoms with Gasteiger partial charge in [0.25, 0.3) is 0 Å². The number of nitrogens with one attached hydrogen (secondary N) is 2. The zero-order chi connectivity index (χ0) is 18.0. The van der Waals surface area contributed by atoms with Crippen molar-refractivity contribution in [1.29, 1.82) is 0 Å². The van der Waals surface area contributed by atoms with Gasteiger partial charge in [-0.05, 0) is 31.0 Å². The van der Waals surface area contributed by atoms with Gasteiger partial charge in [0.1, 0.15) is 5.75 Å². The minimum Gasteiger partial charge on any atom is -0.406 e. The second-order valence-electron chi connectivity index (χ2n) is 5.13. The van der Waals surface area contributed by atoms with Crippen LogP contribution in [0, 0.1) is 0 Å². The monoisotopic (exact) mass is 475 g/mol. The van der Waals surface area contributed by atoms with Crippen molar-refractivity contribution in [2.45, 2.75) is 39.2 Å². The molecule has 0 aliphatic rings. The lowest BCUT2D eigenvalue weighted by Crippen LogP contribution is -2.38. The van der Waals surface area contributed by atoms with Crippen LogP contribution in [0.25, 0.3) is 0 Å². The van der Waals surface area contributed by atoms with E-state index in [-0.39, 0.29) is 36.3 Å².